The number of fused-ring (bicyclic) bond motifs is 2. The Morgan fingerprint density at radius 1 is 1.24 bits per heavy atom. The van der Waals surface area contributed by atoms with Gasteiger partial charge in [-0.25, -0.2) is 9.18 Å². The van der Waals surface area contributed by atoms with Gasteiger partial charge in [-0.05, 0) is 76.6 Å². The van der Waals surface area contributed by atoms with Crippen LogP contribution in [0.4, 0.5) is 14.9 Å². The van der Waals surface area contributed by atoms with E-state index in [1.54, 1.807) is 37.8 Å². The molecule has 2 saturated heterocycles. The van der Waals surface area contributed by atoms with Crippen molar-refractivity contribution >= 4 is 17.7 Å². The maximum atomic E-state index is 15.2. The number of halogens is 1. The van der Waals surface area contributed by atoms with Gasteiger partial charge in [-0.2, -0.15) is 5.26 Å². The zero-order valence-electron chi connectivity index (χ0n) is 23.4. The van der Waals surface area contributed by atoms with E-state index in [2.05, 4.69) is 35.0 Å². The number of hydrogen-bond acceptors (Lipinski definition) is 6. The van der Waals surface area contributed by atoms with Crippen LogP contribution in [0.25, 0.3) is 0 Å². The van der Waals surface area contributed by atoms with Crippen molar-refractivity contribution in [1.82, 2.24) is 15.1 Å². The maximum absolute atomic E-state index is 15.2. The van der Waals surface area contributed by atoms with Gasteiger partial charge in [0, 0.05) is 43.8 Å². The topological polar surface area (TPSA) is 88.9 Å². The van der Waals surface area contributed by atoms with Crippen LogP contribution in [0.1, 0.15) is 65.9 Å². The molecule has 3 fully saturated rings. The van der Waals surface area contributed by atoms with E-state index in [4.69, 9.17) is 4.74 Å². The van der Waals surface area contributed by atoms with E-state index in [0.717, 1.165) is 57.5 Å². The minimum atomic E-state index is -0.903. The summed E-state index contributed by atoms with van der Waals surface area (Å²) >= 11 is 0. The second-order valence-electron chi connectivity index (χ2n) is 11.9. The van der Waals surface area contributed by atoms with Gasteiger partial charge in [0.05, 0.1) is 6.07 Å². The van der Waals surface area contributed by atoms with Crippen molar-refractivity contribution in [3.63, 3.8) is 0 Å². The number of amides is 2. The van der Waals surface area contributed by atoms with E-state index >= 15 is 4.39 Å². The van der Waals surface area contributed by atoms with Crippen molar-refractivity contribution in [3.05, 3.63) is 29.6 Å². The number of benzene rings is 1. The van der Waals surface area contributed by atoms with Crippen LogP contribution in [-0.4, -0.2) is 77.7 Å². The van der Waals surface area contributed by atoms with Gasteiger partial charge in [-0.1, -0.05) is 19.9 Å². The number of nitrogens with zero attached hydrogens (tertiary/aromatic N) is 4. The summed E-state index contributed by atoms with van der Waals surface area (Å²) in [5.41, 5.74) is 0.560. The van der Waals surface area contributed by atoms with E-state index in [1.165, 1.54) is 0 Å². The molecular weight excluding hydrogens is 485 g/mol. The molecule has 208 valence electrons. The van der Waals surface area contributed by atoms with Crippen LogP contribution >= 0.6 is 0 Å². The van der Waals surface area contributed by atoms with Crippen LogP contribution in [0.5, 0.6) is 0 Å². The monoisotopic (exact) mass is 527 g/mol. The molecule has 5 unspecified atom stereocenters. The lowest BCUT2D eigenvalue weighted by Gasteiger charge is -2.42. The van der Waals surface area contributed by atoms with Crippen LogP contribution in [0, 0.1) is 23.1 Å². The third kappa shape index (κ3) is 6.06. The number of piperidine rings is 1. The summed E-state index contributed by atoms with van der Waals surface area (Å²) in [5.74, 6) is -0.702. The molecule has 3 aliphatic rings. The Balaban J connectivity index is 1.41. The predicted octanol–water partition coefficient (Wildman–Crippen LogP) is 4.09. The molecule has 1 N–H and O–H groups in total. The molecule has 9 heteroatoms. The first-order chi connectivity index (χ1) is 18.0. The van der Waals surface area contributed by atoms with Crippen molar-refractivity contribution in [1.29, 1.82) is 5.26 Å². The standard InChI is InChI=1S/C29H42FN5O3/c1-6-22-18-34(13-12-33(22)7-2)23-10-8-19(25(30)16-23)14-21(17-31)32-27(36)26-20-9-11-24(15-20)35(26)28(37)38-29(3,4)5/h8,10,16,20-22,24,26H,6-7,9,11-15,18H2,1-5H3,(H,32,36). The average Bonchev–Trinajstić information content (AvgIpc) is 3.50. The lowest BCUT2D eigenvalue weighted by atomic mass is 9.97. The number of likely N-dealkylation sites (N-methyl/N-ethyl adjacent to an activating group) is 1. The minimum Gasteiger partial charge on any atom is -0.444 e. The van der Waals surface area contributed by atoms with Crippen molar-refractivity contribution < 1.29 is 18.7 Å². The fourth-order valence-corrected chi connectivity index (χ4v) is 6.34. The van der Waals surface area contributed by atoms with Crippen molar-refractivity contribution in [2.45, 2.75) is 96.5 Å². The fourth-order valence-electron chi connectivity index (χ4n) is 6.34. The molecular formula is C29H42FN5O3. The molecule has 0 radical (unpaired) electrons. The molecule has 4 rings (SSSR count). The molecule has 0 aromatic heterocycles. The molecule has 2 heterocycles. The molecule has 2 bridgehead atoms. The highest BCUT2D eigenvalue weighted by Crippen LogP contribution is 2.43. The Kier molecular flexibility index (Phi) is 8.51. The normalized spacial score (nSPS) is 26.2. The zero-order valence-corrected chi connectivity index (χ0v) is 23.4. The molecule has 1 aromatic carbocycles. The molecule has 1 aromatic rings. The van der Waals surface area contributed by atoms with E-state index in [-0.39, 0.29) is 30.1 Å². The van der Waals surface area contributed by atoms with Crippen molar-refractivity contribution in [2.24, 2.45) is 5.92 Å². The minimum absolute atomic E-state index is 0.0253. The van der Waals surface area contributed by atoms with Crippen LogP contribution in [-0.2, 0) is 16.0 Å². The summed E-state index contributed by atoms with van der Waals surface area (Å²) in [6, 6.07) is 6.13. The van der Waals surface area contributed by atoms with Crippen molar-refractivity contribution in [2.75, 3.05) is 31.1 Å². The Morgan fingerprint density at radius 2 is 2.00 bits per heavy atom. The first kappa shape index (κ1) is 28.2. The second-order valence-corrected chi connectivity index (χ2v) is 11.9. The highest BCUT2D eigenvalue weighted by Gasteiger charge is 2.52. The SMILES string of the molecule is CCC1CN(c2ccc(CC(C#N)NC(=O)C3C4CCC(C4)N3C(=O)OC(C)(C)C)c(F)c2)CCN1CC. The largest absolute Gasteiger partial charge is 0.444 e. The first-order valence-electron chi connectivity index (χ1n) is 14.0. The summed E-state index contributed by atoms with van der Waals surface area (Å²) in [5, 5.41) is 12.6. The van der Waals surface area contributed by atoms with Gasteiger partial charge in [0.1, 0.15) is 23.5 Å². The second kappa shape index (κ2) is 11.5. The summed E-state index contributed by atoms with van der Waals surface area (Å²) in [4.78, 5) is 32.4. The van der Waals surface area contributed by atoms with Crippen molar-refractivity contribution in [3.8, 4) is 6.07 Å². The third-order valence-corrected chi connectivity index (χ3v) is 8.24. The lowest BCUT2D eigenvalue weighted by Crippen LogP contribution is -2.55. The quantitative estimate of drug-likeness (QED) is 0.575. The Bertz CT molecular complexity index is 1070. The van der Waals surface area contributed by atoms with Gasteiger partial charge in [-0.15, -0.1) is 0 Å². The number of rotatable bonds is 7. The molecule has 1 aliphatic carbocycles. The summed E-state index contributed by atoms with van der Waals surface area (Å²) in [6.07, 6.45) is 3.08. The number of nitriles is 1. The van der Waals surface area contributed by atoms with Gasteiger partial charge in [0.2, 0.25) is 5.91 Å². The Labute approximate surface area is 226 Å². The summed E-state index contributed by atoms with van der Waals surface area (Å²) in [7, 11) is 0. The summed E-state index contributed by atoms with van der Waals surface area (Å²) < 4.78 is 20.8. The predicted molar refractivity (Wildman–Crippen MR) is 144 cm³/mol. The van der Waals surface area contributed by atoms with Gasteiger partial charge < -0.3 is 15.0 Å². The molecule has 8 nitrogen and oxygen atoms in total. The zero-order chi connectivity index (χ0) is 27.6. The van der Waals surface area contributed by atoms with Crippen LogP contribution in [0.2, 0.25) is 0 Å². The van der Waals surface area contributed by atoms with Crippen LogP contribution in [0.3, 0.4) is 0 Å². The number of likely N-dealkylation sites (tertiary alicyclic amines) is 1. The Hall–Kier alpha value is -2.86. The van der Waals surface area contributed by atoms with Gasteiger partial charge in [0.15, 0.2) is 0 Å². The molecule has 38 heavy (non-hydrogen) atoms. The van der Waals surface area contributed by atoms with Gasteiger partial charge in [-0.3, -0.25) is 14.6 Å². The highest BCUT2D eigenvalue weighted by atomic mass is 19.1. The van der Waals surface area contributed by atoms with E-state index in [9.17, 15) is 14.9 Å². The lowest BCUT2D eigenvalue weighted by molar-refractivity contribution is -0.128. The number of carbonyl (C=O) groups is 2. The Morgan fingerprint density at radius 3 is 2.63 bits per heavy atom. The van der Waals surface area contributed by atoms with E-state index < -0.39 is 23.8 Å². The van der Waals surface area contributed by atoms with Crippen LogP contribution < -0.4 is 10.2 Å². The fraction of sp³-hybridized carbons (Fsp3) is 0.690. The van der Waals surface area contributed by atoms with Crippen LogP contribution in [0.15, 0.2) is 18.2 Å². The average molecular weight is 528 g/mol. The summed E-state index contributed by atoms with van der Waals surface area (Å²) in [6.45, 7) is 13.4. The third-order valence-electron chi connectivity index (χ3n) is 8.24. The number of ether oxygens (including phenoxy) is 1. The van der Waals surface area contributed by atoms with E-state index in [0.29, 0.717) is 11.6 Å². The first-order valence-corrected chi connectivity index (χ1v) is 14.0. The van der Waals surface area contributed by atoms with Gasteiger partial charge >= 0.3 is 6.09 Å². The number of piperazine rings is 1. The number of anilines is 1. The molecule has 1 saturated carbocycles. The van der Waals surface area contributed by atoms with Gasteiger partial charge in [0.25, 0.3) is 0 Å². The highest BCUT2D eigenvalue weighted by molar-refractivity contribution is 5.87. The van der Waals surface area contributed by atoms with E-state index in [1.807, 2.05) is 6.07 Å². The number of hydrogen-bond donors (Lipinski definition) is 1. The number of carbonyl (C=O) groups excluding carboxylic acids is 2. The smallest absolute Gasteiger partial charge is 0.411 e. The maximum Gasteiger partial charge on any atom is 0.411 e. The molecule has 5 atom stereocenters. The number of nitrogens with one attached hydrogen (secondary N) is 1. The molecule has 2 amide bonds. The molecule has 2 aliphatic heterocycles. The molecule has 0 spiro atoms.